The maximum Gasteiger partial charge on any atom is 0.133 e. The Morgan fingerprint density at radius 1 is 1.27 bits per heavy atom. The molecular weight excluding hydrogens is 302 g/mol. The van der Waals surface area contributed by atoms with E-state index in [1.807, 2.05) is 30.5 Å². The molecule has 0 saturated heterocycles. The summed E-state index contributed by atoms with van der Waals surface area (Å²) in [6.45, 7) is 1.03. The van der Waals surface area contributed by atoms with Gasteiger partial charge in [0, 0.05) is 29.9 Å². The van der Waals surface area contributed by atoms with E-state index >= 15 is 0 Å². The smallest absolute Gasteiger partial charge is 0.133 e. The number of nitrogens with zero attached hydrogens (tertiary/aromatic N) is 2. The summed E-state index contributed by atoms with van der Waals surface area (Å²) in [4.78, 5) is 0. The van der Waals surface area contributed by atoms with Crippen LogP contribution in [-0.4, -0.2) is 21.4 Å². The zero-order valence-corrected chi connectivity index (χ0v) is 12.6. The molecule has 2 heterocycles. The van der Waals surface area contributed by atoms with Crippen LogP contribution in [0.4, 0.5) is 0 Å². The van der Waals surface area contributed by atoms with E-state index in [2.05, 4.69) is 10.4 Å². The van der Waals surface area contributed by atoms with E-state index in [9.17, 15) is 5.11 Å². The molecule has 5 nitrogen and oxygen atoms in total. The standard InChI is InChI=1S/C16H16ClN3O2/c17-13-3-5-14(6-4-13)20-11-12(9-19-20)8-18-10-15(21)16-2-1-7-22-16/h1-7,9,11,15,18,21H,8,10H2. The Morgan fingerprint density at radius 3 is 2.82 bits per heavy atom. The number of benzene rings is 1. The molecule has 2 aromatic heterocycles. The Labute approximate surface area is 133 Å². The number of aromatic nitrogens is 2. The van der Waals surface area contributed by atoms with Crippen molar-refractivity contribution in [1.82, 2.24) is 15.1 Å². The fourth-order valence-corrected chi connectivity index (χ4v) is 2.25. The third kappa shape index (κ3) is 3.57. The summed E-state index contributed by atoms with van der Waals surface area (Å²) < 4.78 is 6.94. The van der Waals surface area contributed by atoms with Crippen molar-refractivity contribution in [3.63, 3.8) is 0 Å². The minimum atomic E-state index is -0.652. The molecule has 1 unspecified atom stereocenters. The largest absolute Gasteiger partial charge is 0.467 e. The second kappa shape index (κ2) is 6.79. The SMILES string of the molecule is OC(CNCc1cnn(-c2ccc(Cl)cc2)c1)c1ccco1. The first kappa shape index (κ1) is 14.8. The topological polar surface area (TPSA) is 63.2 Å². The quantitative estimate of drug-likeness (QED) is 0.733. The van der Waals surface area contributed by atoms with Crippen LogP contribution in [0.5, 0.6) is 0 Å². The summed E-state index contributed by atoms with van der Waals surface area (Å²) in [7, 11) is 0. The number of nitrogens with one attached hydrogen (secondary N) is 1. The molecule has 0 aliphatic carbocycles. The zero-order valence-electron chi connectivity index (χ0n) is 11.8. The number of aliphatic hydroxyl groups is 1. The van der Waals surface area contributed by atoms with E-state index in [4.69, 9.17) is 16.0 Å². The Kier molecular flexibility index (Phi) is 4.58. The predicted molar refractivity (Wildman–Crippen MR) is 83.9 cm³/mol. The molecule has 0 spiro atoms. The van der Waals surface area contributed by atoms with Gasteiger partial charge in [-0.3, -0.25) is 0 Å². The van der Waals surface area contributed by atoms with Gasteiger partial charge in [0.2, 0.25) is 0 Å². The molecule has 0 fully saturated rings. The summed E-state index contributed by atoms with van der Waals surface area (Å²) in [6, 6.07) is 11.0. The fourth-order valence-electron chi connectivity index (χ4n) is 2.12. The summed E-state index contributed by atoms with van der Waals surface area (Å²) >= 11 is 5.87. The van der Waals surface area contributed by atoms with Crippen molar-refractivity contribution in [2.75, 3.05) is 6.54 Å². The molecule has 22 heavy (non-hydrogen) atoms. The number of rotatable bonds is 6. The van der Waals surface area contributed by atoms with Crippen LogP contribution in [-0.2, 0) is 6.54 Å². The minimum Gasteiger partial charge on any atom is -0.467 e. The molecular formula is C16H16ClN3O2. The average Bonchev–Trinajstić information content (AvgIpc) is 3.19. The van der Waals surface area contributed by atoms with Crippen LogP contribution in [0.1, 0.15) is 17.4 Å². The molecule has 1 aromatic carbocycles. The van der Waals surface area contributed by atoms with Crippen LogP contribution in [0.15, 0.2) is 59.5 Å². The van der Waals surface area contributed by atoms with Crippen molar-refractivity contribution in [2.24, 2.45) is 0 Å². The zero-order chi connectivity index (χ0) is 15.4. The third-order valence-corrected chi connectivity index (χ3v) is 3.52. The van der Waals surface area contributed by atoms with Gasteiger partial charge in [-0.05, 0) is 36.4 Å². The molecule has 0 amide bonds. The van der Waals surface area contributed by atoms with Crippen LogP contribution >= 0.6 is 11.6 Å². The molecule has 2 N–H and O–H groups in total. The van der Waals surface area contributed by atoms with Crippen LogP contribution in [0, 0.1) is 0 Å². The Morgan fingerprint density at radius 2 is 2.09 bits per heavy atom. The van der Waals surface area contributed by atoms with E-state index in [0.29, 0.717) is 23.9 Å². The highest BCUT2D eigenvalue weighted by molar-refractivity contribution is 6.30. The highest BCUT2D eigenvalue weighted by atomic mass is 35.5. The molecule has 6 heteroatoms. The van der Waals surface area contributed by atoms with E-state index in [1.165, 1.54) is 0 Å². The summed E-state index contributed by atoms with van der Waals surface area (Å²) in [5, 5.41) is 18.1. The molecule has 3 rings (SSSR count). The van der Waals surface area contributed by atoms with Crippen LogP contribution in [0.2, 0.25) is 5.02 Å². The van der Waals surface area contributed by atoms with E-state index in [1.54, 1.807) is 29.3 Å². The van der Waals surface area contributed by atoms with Gasteiger partial charge in [-0.25, -0.2) is 4.68 Å². The van der Waals surface area contributed by atoms with Gasteiger partial charge < -0.3 is 14.8 Å². The molecule has 0 radical (unpaired) electrons. The van der Waals surface area contributed by atoms with Gasteiger partial charge in [0.15, 0.2) is 0 Å². The lowest BCUT2D eigenvalue weighted by Crippen LogP contribution is -2.20. The number of aliphatic hydroxyl groups excluding tert-OH is 1. The minimum absolute atomic E-state index is 0.416. The third-order valence-electron chi connectivity index (χ3n) is 3.27. The van der Waals surface area contributed by atoms with Gasteiger partial charge >= 0.3 is 0 Å². The number of hydrogen-bond acceptors (Lipinski definition) is 4. The van der Waals surface area contributed by atoms with Crippen molar-refractivity contribution in [1.29, 1.82) is 0 Å². The predicted octanol–water partition coefficient (Wildman–Crippen LogP) is 2.94. The number of hydrogen-bond donors (Lipinski definition) is 2. The molecule has 0 saturated carbocycles. The average molecular weight is 318 g/mol. The normalized spacial score (nSPS) is 12.5. The molecule has 114 valence electrons. The van der Waals surface area contributed by atoms with Crippen molar-refractivity contribution in [3.8, 4) is 5.69 Å². The number of halogens is 1. The lowest BCUT2D eigenvalue weighted by Gasteiger charge is -2.08. The highest BCUT2D eigenvalue weighted by Crippen LogP contribution is 2.14. The molecule has 1 atom stereocenters. The molecule has 3 aromatic rings. The summed E-state index contributed by atoms with van der Waals surface area (Å²) in [5.41, 5.74) is 1.98. The van der Waals surface area contributed by atoms with Gasteiger partial charge in [0.25, 0.3) is 0 Å². The fraction of sp³-hybridized carbons (Fsp3) is 0.188. The van der Waals surface area contributed by atoms with E-state index < -0.39 is 6.10 Å². The Bertz CT molecular complexity index is 707. The van der Waals surface area contributed by atoms with Gasteiger partial charge in [-0.2, -0.15) is 5.10 Å². The monoisotopic (exact) mass is 317 g/mol. The molecule has 0 aliphatic rings. The van der Waals surface area contributed by atoms with Gasteiger partial charge in [0.05, 0.1) is 18.1 Å². The van der Waals surface area contributed by atoms with Gasteiger partial charge in [0.1, 0.15) is 11.9 Å². The highest BCUT2D eigenvalue weighted by Gasteiger charge is 2.09. The second-order valence-corrected chi connectivity index (χ2v) is 5.37. The lowest BCUT2D eigenvalue weighted by atomic mass is 10.2. The van der Waals surface area contributed by atoms with E-state index in [-0.39, 0.29) is 0 Å². The first-order valence-corrected chi connectivity index (χ1v) is 7.32. The van der Waals surface area contributed by atoms with Crippen molar-refractivity contribution in [3.05, 3.63) is 71.4 Å². The van der Waals surface area contributed by atoms with Gasteiger partial charge in [-0.15, -0.1) is 0 Å². The van der Waals surface area contributed by atoms with Crippen molar-refractivity contribution in [2.45, 2.75) is 12.6 Å². The molecule has 0 bridgehead atoms. The second-order valence-electron chi connectivity index (χ2n) is 4.93. The lowest BCUT2D eigenvalue weighted by molar-refractivity contribution is 0.147. The van der Waals surface area contributed by atoms with Gasteiger partial charge in [-0.1, -0.05) is 11.6 Å². The molecule has 0 aliphatic heterocycles. The number of furan rings is 1. The van der Waals surface area contributed by atoms with Crippen LogP contribution in [0.3, 0.4) is 0 Å². The Balaban J connectivity index is 1.55. The van der Waals surface area contributed by atoms with Crippen LogP contribution < -0.4 is 5.32 Å². The summed E-state index contributed by atoms with van der Waals surface area (Å²) in [6.07, 6.45) is 4.63. The van der Waals surface area contributed by atoms with Crippen LogP contribution in [0.25, 0.3) is 5.69 Å². The van der Waals surface area contributed by atoms with E-state index in [0.717, 1.165) is 11.3 Å². The van der Waals surface area contributed by atoms with Crippen molar-refractivity contribution >= 4 is 11.6 Å². The van der Waals surface area contributed by atoms with Crippen molar-refractivity contribution < 1.29 is 9.52 Å². The first-order chi connectivity index (χ1) is 10.7. The first-order valence-electron chi connectivity index (χ1n) is 6.94. The Hall–Kier alpha value is -2.08. The maximum atomic E-state index is 9.91. The maximum absolute atomic E-state index is 9.91. The summed E-state index contributed by atoms with van der Waals surface area (Å²) in [5.74, 6) is 0.560.